The van der Waals surface area contributed by atoms with Gasteiger partial charge in [-0.25, -0.2) is 0 Å². The van der Waals surface area contributed by atoms with E-state index in [0.29, 0.717) is 10.8 Å². The lowest BCUT2D eigenvalue weighted by molar-refractivity contribution is -0.158. The van der Waals surface area contributed by atoms with Crippen molar-refractivity contribution in [2.24, 2.45) is 34.5 Å². The van der Waals surface area contributed by atoms with Gasteiger partial charge in [0.15, 0.2) is 0 Å². The molecule has 3 fully saturated rings. The Balaban J connectivity index is 1.53. The largest absolute Gasteiger partial charge is 0.463 e. The summed E-state index contributed by atoms with van der Waals surface area (Å²) in [4.78, 5) is 11.3. The highest BCUT2D eigenvalue weighted by atomic mass is 16.5. The van der Waals surface area contributed by atoms with Crippen molar-refractivity contribution >= 4 is 5.97 Å². The first-order valence-electron chi connectivity index (χ1n) is 9.77. The zero-order valence-corrected chi connectivity index (χ0v) is 15.0. The van der Waals surface area contributed by atoms with E-state index in [1.165, 1.54) is 38.5 Å². The van der Waals surface area contributed by atoms with E-state index in [4.69, 9.17) is 4.74 Å². The molecule has 0 aromatic carbocycles. The van der Waals surface area contributed by atoms with Crippen LogP contribution in [0.15, 0.2) is 12.2 Å². The molecule has 4 aliphatic carbocycles. The maximum atomic E-state index is 11.3. The molecule has 3 saturated carbocycles. The van der Waals surface area contributed by atoms with Gasteiger partial charge in [0, 0.05) is 6.92 Å². The van der Waals surface area contributed by atoms with Gasteiger partial charge in [-0.15, -0.1) is 0 Å². The Bertz CT molecular complexity index is 524. The summed E-state index contributed by atoms with van der Waals surface area (Å²) in [6, 6.07) is 0. The number of carbonyl (C=O) groups excluding carboxylic acids is 1. The van der Waals surface area contributed by atoms with Gasteiger partial charge in [0.05, 0.1) is 0 Å². The minimum Gasteiger partial charge on any atom is -0.463 e. The number of esters is 1. The third-order valence-electron chi connectivity index (χ3n) is 8.28. The number of carbonyl (C=O) groups is 1. The predicted octanol–water partition coefficient (Wildman–Crippen LogP) is 5.13. The summed E-state index contributed by atoms with van der Waals surface area (Å²) < 4.78 is 5.56. The Labute approximate surface area is 141 Å². The molecule has 4 rings (SSSR count). The van der Waals surface area contributed by atoms with Crippen LogP contribution in [-0.4, -0.2) is 12.1 Å². The number of allylic oxidation sites excluding steroid dienone is 2. The van der Waals surface area contributed by atoms with Crippen molar-refractivity contribution in [1.82, 2.24) is 0 Å². The molecule has 0 aromatic rings. The molecule has 2 nitrogen and oxygen atoms in total. The number of ether oxygens (including phenoxy) is 1. The minimum absolute atomic E-state index is 0.0993. The van der Waals surface area contributed by atoms with Crippen LogP contribution in [0.5, 0.6) is 0 Å². The molecule has 0 bridgehead atoms. The average Bonchev–Trinajstić information content (AvgIpc) is 2.89. The van der Waals surface area contributed by atoms with Crippen LogP contribution in [0.2, 0.25) is 0 Å². The maximum Gasteiger partial charge on any atom is 0.302 e. The normalized spacial score (nSPS) is 51.5. The quantitative estimate of drug-likeness (QED) is 0.495. The van der Waals surface area contributed by atoms with Gasteiger partial charge < -0.3 is 4.74 Å². The molecule has 0 spiro atoms. The molecule has 2 heteroatoms. The van der Waals surface area contributed by atoms with Crippen molar-refractivity contribution in [3.8, 4) is 0 Å². The van der Waals surface area contributed by atoms with Crippen LogP contribution in [0.3, 0.4) is 0 Å². The summed E-state index contributed by atoms with van der Waals surface area (Å²) in [6.45, 7) is 6.63. The second-order valence-corrected chi connectivity index (χ2v) is 9.35. The summed E-state index contributed by atoms with van der Waals surface area (Å²) in [6.07, 6.45) is 15.5. The Hall–Kier alpha value is -0.790. The highest BCUT2D eigenvalue weighted by Gasteiger charge is 2.57. The highest BCUT2D eigenvalue weighted by Crippen LogP contribution is 2.65. The molecule has 0 radical (unpaired) electrons. The van der Waals surface area contributed by atoms with Gasteiger partial charge in [-0.2, -0.15) is 0 Å². The van der Waals surface area contributed by atoms with Crippen molar-refractivity contribution in [3.05, 3.63) is 12.2 Å². The number of fused-ring (bicyclic) bond motifs is 5. The van der Waals surface area contributed by atoms with Crippen molar-refractivity contribution in [3.63, 3.8) is 0 Å². The molecule has 0 amide bonds. The van der Waals surface area contributed by atoms with Gasteiger partial charge in [0.25, 0.3) is 0 Å². The smallest absolute Gasteiger partial charge is 0.302 e. The van der Waals surface area contributed by atoms with Gasteiger partial charge in [-0.3, -0.25) is 4.79 Å². The van der Waals surface area contributed by atoms with E-state index in [0.717, 1.165) is 36.5 Å². The van der Waals surface area contributed by atoms with Crippen LogP contribution in [-0.2, 0) is 9.53 Å². The van der Waals surface area contributed by atoms with Crippen LogP contribution in [0, 0.1) is 34.5 Å². The summed E-state index contributed by atoms with van der Waals surface area (Å²) in [5, 5.41) is 0. The summed E-state index contributed by atoms with van der Waals surface area (Å²) in [7, 11) is 0. The molecule has 0 aliphatic heterocycles. The van der Waals surface area contributed by atoms with Crippen molar-refractivity contribution in [2.75, 3.05) is 0 Å². The fourth-order valence-corrected chi connectivity index (χ4v) is 7.04. The van der Waals surface area contributed by atoms with Crippen molar-refractivity contribution in [2.45, 2.75) is 78.2 Å². The van der Waals surface area contributed by atoms with Gasteiger partial charge in [-0.05, 0) is 85.9 Å². The summed E-state index contributed by atoms with van der Waals surface area (Å²) in [5.74, 6) is 3.39. The minimum atomic E-state index is -0.0993. The molecule has 6 unspecified atom stereocenters. The Kier molecular flexibility index (Phi) is 3.66. The monoisotopic (exact) mass is 316 g/mol. The van der Waals surface area contributed by atoms with Crippen LogP contribution < -0.4 is 0 Å². The lowest BCUT2D eigenvalue weighted by Crippen LogP contribution is -2.53. The molecule has 7 atom stereocenters. The molecule has 128 valence electrons. The van der Waals surface area contributed by atoms with Crippen molar-refractivity contribution in [1.29, 1.82) is 0 Å². The maximum absolute atomic E-state index is 11.3. The van der Waals surface area contributed by atoms with Crippen LogP contribution >= 0.6 is 0 Å². The highest BCUT2D eigenvalue weighted by molar-refractivity contribution is 5.66. The third-order valence-corrected chi connectivity index (χ3v) is 8.28. The van der Waals surface area contributed by atoms with E-state index in [1.807, 2.05) is 0 Å². The SMILES string of the molecule is CC(=O)OC1CCC2(C)C3CCC4(C)C=CCC4C3CC[C@H]2C1. The first-order valence-corrected chi connectivity index (χ1v) is 9.77. The van der Waals surface area contributed by atoms with E-state index in [-0.39, 0.29) is 12.1 Å². The van der Waals surface area contributed by atoms with Gasteiger partial charge in [-0.1, -0.05) is 26.0 Å². The standard InChI is InChI=1S/C21H32O2/c1-14(22)23-16-8-12-21(3)15(13-16)6-7-17-18-5-4-10-20(18,2)11-9-19(17)21/h4,10,15-19H,5-9,11-13H2,1-3H3/t15-,16?,17?,18?,19?,20?,21?/m0/s1. The Morgan fingerprint density at radius 2 is 1.91 bits per heavy atom. The molecule has 23 heavy (non-hydrogen) atoms. The average molecular weight is 316 g/mol. The predicted molar refractivity (Wildman–Crippen MR) is 91.8 cm³/mol. The van der Waals surface area contributed by atoms with E-state index < -0.39 is 0 Å². The number of hydrogen-bond donors (Lipinski definition) is 0. The molecule has 0 heterocycles. The first-order chi connectivity index (χ1) is 10.9. The molecule has 0 saturated heterocycles. The second-order valence-electron chi connectivity index (χ2n) is 9.35. The zero-order chi connectivity index (χ0) is 16.2. The fraction of sp³-hybridized carbons (Fsp3) is 0.857. The topological polar surface area (TPSA) is 26.3 Å². The van der Waals surface area contributed by atoms with Gasteiger partial charge in [0.2, 0.25) is 0 Å². The first kappa shape index (κ1) is 15.7. The van der Waals surface area contributed by atoms with E-state index in [9.17, 15) is 4.79 Å². The van der Waals surface area contributed by atoms with E-state index in [1.54, 1.807) is 6.92 Å². The Morgan fingerprint density at radius 3 is 2.70 bits per heavy atom. The third kappa shape index (κ3) is 2.39. The van der Waals surface area contributed by atoms with Gasteiger partial charge in [0.1, 0.15) is 6.10 Å². The summed E-state index contributed by atoms with van der Waals surface area (Å²) in [5.41, 5.74) is 0.975. The van der Waals surface area contributed by atoms with Crippen LogP contribution in [0.4, 0.5) is 0 Å². The van der Waals surface area contributed by atoms with Gasteiger partial charge >= 0.3 is 5.97 Å². The summed E-state index contributed by atoms with van der Waals surface area (Å²) >= 11 is 0. The lowest BCUT2D eigenvalue weighted by Gasteiger charge is -2.60. The second kappa shape index (κ2) is 5.36. The molecule has 4 aliphatic rings. The lowest BCUT2D eigenvalue weighted by atomic mass is 9.45. The molecule has 0 N–H and O–H groups in total. The van der Waals surface area contributed by atoms with E-state index in [2.05, 4.69) is 26.0 Å². The molecular weight excluding hydrogens is 284 g/mol. The fourth-order valence-electron chi connectivity index (χ4n) is 7.04. The van der Waals surface area contributed by atoms with Crippen molar-refractivity contribution < 1.29 is 9.53 Å². The number of rotatable bonds is 1. The van der Waals surface area contributed by atoms with Crippen LogP contribution in [0.25, 0.3) is 0 Å². The van der Waals surface area contributed by atoms with E-state index >= 15 is 0 Å². The molecular formula is C21H32O2. The molecule has 0 aromatic heterocycles. The zero-order valence-electron chi connectivity index (χ0n) is 15.0. The van der Waals surface area contributed by atoms with Crippen LogP contribution in [0.1, 0.15) is 72.1 Å². The Morgan fingerprint density at radius 1 is 1.09 bits per heavy atom. The number of hydrogen-bond acceptors (Lipinski definition) is 2.